The van der Waals surface area contributed by atoms with Gasteiger partial charge in [-0.1, -0.05) is 36.8 Å². The van der Waals surface area contributed by atoms with Gasteiger partial charge in [-0.05, 0) is 37.8 Å². The van der Waals surface area contributed by atoms with E-state index in [1.54, 1.807) is 0 Å². The van der Waals surface area contributed by atoms with Crippen LogP contribution in [0.15, 0.2) is 24.3 Å². The highest BCUT2D eigenvalue weighted by Crippen LogP contribution is 2.20. The molecule has 1 aliphatic heterocycles. The Kier molecular flexibility index (Phi) is 4.97. The first-order valence-electron chi connectivity index (χ1n) is 7.29. The normalized spacial score (nSPS) is 26.3. The molecule has 106 valence electrons. The highest BCUT2D eigenvalue weighted by Gasteiger charge is 2.24. The first kappa shape index (κ1) is 14.5. The van der Waals surface area contributed by atoms with Crippen molar-refractivity contribution in [2.75, 3.05) is 19.6 Å². The maximum absolute atomic E-state index is 9.73. The number of aryl methyl sites for hydroxylation is 1. The van der Waals surface area contributed by atoms with Crippen molar-refractivity contribution in [3.8, 4) is 0 Å². The predicted octanol–water partition coefficient (Wildman–Crippen LogP) is 2.09. The smallest absolute Gasteiger partial charge is 0.0590 e. The summed E-state index contributed by atoms with van der Waals surface area (Å²) >= 11 is 0. The molecule has 0 bridgehead atoms. The largest absolute Gasteiger partial charge is 0.393 e. The van der Waals surface area contributed by atoms with Crippen LogP contribution in [0.4, 0.5) is 0 Å². The van der Waals surface area contributed by atoms with Crippen molar-refractivity contribution in [2.24, 2.45) is 11.7 Å². The number of hydrogen-bond acceptors (Lipinski definition) is 3. The number of nitrogens with two attached hydrogens (primary N) is 1. The zero-order chi connectivity index (χ0) is 13.8. The van der Waals surface area contributed by atoms with E-state index in [1.165, 1.54) is 11.1 Å². The lowest BCUT2D eigenvalue weighted by Gasteiger charge is -2.34. The van der Waals surface area contributed by atoms with Gasteiger partial charge in [0.15, 0.2) is 0 Å². The molecule has 1 saturated heterocycles. The van der Waals surface area contributed by atoms with E-state index >= 15 is 0 Å². The number of rotatable bonds is 4. The van der Waals surface area contributed by atoms with Crippen molar-refractivity contribution in [1.82, 2.24) is 4.90 Å². The van der Waals surface area contributed by atoms with E-state index in [4.69, 9.17) is 5.73 Å². The average Bonchev–Trinajstić information content (AvgIpc) is 2.40. The highest BCUT2D eigenvalue weighted by molar-refractivity contribution is 5.24. The summed E-state index contributed by atoms with van der Waals surface area (Å²) in [7, 11) is 0. The van der Waals surface area contributed by atoms with E-state index < -0.39 is 0 Å². The van der Waals surface area contributed by atoms with E-state index in [0.717, 1.165) is 32.5 Å². The summed E-state index contributed by atoms with van der Waals surface area (Å²) in [4.78, 5) is 2.42. The molecule has 1 aliphatic rings. The molecule has 3 nitrogen and oxygen atoms in total. The standard InChI is InChI=1S/C16H26N2O/c1-12-4-3-5-14(10-12)15(17)6-8-18-9-7-16(19)13(2)11-18/h3-5,10,13,15-16,19H,6-9,11,17H2,1-2H3. The van der Waals surface area contributed by atoms with Crippen LogP contribution < -0.4 is 5.73 Å². The number of piperidine rings is 1. The van der Waals surface area contributed by atoms with Crippen LogP contribution in [0.2, 0.25) is 0 Å². The van der Waals surface area contributed by atoms with Crippen LogP contribution in [0.1, 0.15) is 36.9 Å². The summed E-state index contributed by atoms with van der Waals surface area (Å²) < 4.78 is 0. The van der Waals surface area contributed by atoms with Gasteiger partial charge in [-0.15, -0.1) is 0 Å². The molecule has 0 amide bonds. The Bertz CT molecular complexity index is 407. The molecule has 1 fully saturated rings. The Labute approximate surface area is 116 Å². The predicted molar refractivity (Wildman–Crippen MR) is 79.0 cm³/mol. The van der Waals surface area contributed by atoms with Gasteiger partial charge in [0.1, 0.15) is 0 Å². The van der Waals surface area contributed by atoms with Gasteiger partial charge in [0.05, 0.1) is 6.10 Å². The fourth-order valence-corrected chi connectivity index (χ4v) is 2.81. The fraction of sp³-hybridized carbons (Fsp3) is 0.625. The lowest BCUT2D eigenvalue weighted by molar-refractivity contribution is 0.0341. The maximum atomic E-state index is 9.73. The number of likely N-dealkylation sites (tertiary alicyclic amines) is 1. The maximum Gasteiger partial charge on any atom is 0.0590 e. The second kappa shape index (κ2) is 6.51. The zero-order valence-electron chi connectivity index (χ0n) is 12.0. The van der Waals surface area contributed by atoms with Gasteiger partial charge < -0.3 is 15.7 Å². The molecule has 3 atom stereocenters. The van der Waals surface area contributed by atoms with Gasteiger partial charge in [0, 0.05) is 19.1 Å². The van der Waals surface area contributed by atoms with Crippen LogP contribution >= 0.6 is 0 Å². The number of benzene rings is 1. The lowest BCUT2D eigenvalue weighted by Crippen LogP contribution is -2.42. The van der Waals surface area contributed by atoms with Crippen molar-refractivity contribution in [3.05, 3.63) is 35.4 Å². The third-order valence-corrected chi connectivity index (χ3v) is 4.17. The molecule has 0 radical (unpaired) electrons. The van der Waals surface area contributed by atoms with Gasteiger partial charge in [0.25, 0.3) is 0 Å². The molecule has 3 heteroatoms. The Balaban J connectivity index is 1.82. The first-order chi connectivity index (χ1) is 9.06. The molecular formula is C16H26N2O. The fourth-order valence-electron chi connectivity index (χ4n) is 2.81. The van der Waals surface area contributed by atoms with Crippen molar-refractivity contribution in [3.63, 3.8) is 0 Å². The van der Waals surface area contributed by atoms with E-state index in [9.17, 15) is 5.11 Å². The molecule has 0 aromatic heterocycles. The van der Waals surface area contributed by atoms with E-state index in [1.807, 2.05) is 0 Å². The molecule has 0 saturated carbocycles. The van der Waals surface area contributed by atoms with Crippen LogP contribution in [0.3, 0.4) is 0 Å². The van der Waals surface area contributed by atoms with Crippen molar-refractivity contribution in [1.29, 1.82) is 0 Å². The SMILES string of the molecule is Cc1cccc(C(N)CCN2CCC(O)C(C)C2)c1. The Morgan fingerprint density at radius 3 is 2.95 bits per heavy atom. The molecule has 1 aromatic carbocycles. The molecule has 0 spiro atoms. The summed E-state index contributed by atoms with van der Waals surface area (Å²) in [5.41, 5.74) is 8.76. The highest BCUT2D eigenvalue weighted by atomic mass is 16.3. The van der Waals surface area contributed by atoms with Gasteiger partial charge in [-0.2, -0.15) is 0 Å². The minimum atomic E-state index is -0.123. The molecule has 1 heterocycles. The molecule has 1 aromatic rings. The summed E-state index contributed by atoms with van der Waals surface area (Å²) in [5, 5.41) is 9.73. The second-order valence-corrected chi connectivity index (χ2v) is 5.94. The lowest BCUT2D eigenvalue weighted by atomic mass is 9.96. The molecule has 2 rings (SSSR count). The topological polar surface area (TPSA) is 49.5 Å². The van der Waals surface area contributed by atoms with Crippen LogP contribution in [0.25, 0.3) is 0 Å². The summed E-state index contributed by atoms with van der Waals surface area (Å²) in [6.07, 6.45) is 1.74. The number of aliphatic hydroxyl groups excluding tert-OH is 1. The zero-order valence-corrected chi connectivity index (χ0v) is 12.0. The second-order valence-electron chi connectivity index (χ2n) is 5.94. The van der Waals surface area contributed by atoms with Crippen molar-refractivity contribution < 1.29 is 5.11 Å². The van der Waals surface area contributed by atoms with E-state index in [0.29, 0.717) is 5.92 Å². The Morgan fingerprint density at radius 2 is 2.26 bits per heavy atom. The van der Waals surface area contributed by atoms with Gasteiger partial charge in [-0.25, -0.2) is 0 Å². The van der Waals surface area contributed by atoms with E-state index in [2.05, 4.69) is 43.0 Å². The van der Waals surface area contributed by atoms with Gasteiger partial charge in [0.2, 0.25) is 0 Å². The van der Waals surface area contributed by atoms with Crippen molar-refractivity contribution in [2.45, 2.75) is 38.8 Å². The van der Waals surface area contributed by atoms with Crippen molar-refractivity contribution >= 4 is 0 Å². The van der Waals surface area contributed by atoms with Gasteiger partial charge >= 0.3 is 0 Å². The summed E-state index contributed by atoms with van der Waals surface area (Å²) in [6.45, 7) is 7.22. The quantitative estimate of drug-likeness (QED) is 0.873. The number of nitrogens with zero attached hydrogens (tertiary/aromatic N) is 1. The number of hydrogen-bond donors (Lipinski definition) is 2. The first-order valence-corrected chi connectivity index (χ1v) is 7.29. The summed E-state index contributed by atoms with van der Waals surface area (Å²) in [6, 6.07) is 8.57. The molecular weight excluding hydrogens is 236 g/mol. The monoisotopic (exact) mass is 262 g/mol. The van der Waals surface area contributed by atoms with Crippen LogP contribution in [-0.2, 0) is 0 Å². The molecule has 3 N–H and O–H groups in total. The van der Waals surface area contributed by atoms with Crippen LogP contribution in [-0.4, -0.2) is 35.7 Å². The minimum Gasteiger partial charge on any atom is -0.393 e. The third kappa shape index (κ3) is 4.03. The third-order valence-electron chi connectivity index (χ3n) is 4.17. The molecule has 3 unspecified atom stereocenters. The van der Waals surface area contributed by atoms with Gasteiger partial charge in [-0.3, -0.25) is 0 Å². The number of aliphatic hydroxyl groups is 1. The van der Waals surface area contributed by atoms with E-state index in [-0.39, 0.29) is 12.1 Å². The Morgan fingerprint density at radius 1 is 1.47 bits per heavy atom. The van der Waals surface area contributed by atoms with Crippen LogP contribution in [0, 0.1) is 12.8 Å². The molecule has 19 heavy (non-hydrogen) atoms. The summed E-state index contributed by atoms with van der Waals surface area (Å²) in [5.74, 6) is 0.379. The van der Waals surface area contributed by atoms with Crippen LogP contribution in [0.5, 0.6) is 0 Å². The molecule has 0 aliphatic carbocycles. The average molecular weight is 262 g/mol. The Hall–Kier alpha value is -0.900. The minimum absolute atomic E-state index is 0.113.